The largest absolute Gasteiger partial charge is 0.336 e. The number of urea groups is 1. The van der Waals surface area contributed by atoms with Crippen LogP contribution in [0.3, 0.4) is 0 Å². The molecule has 2 aliphatic rings. The van der Waals surface area contributed by atoms with E-state index in [0.717, 1.165) is 16.3 Å². The molecule has 2 aliphatic heterocycles. The molecule has 1 aromatic carbocycles. The molecule has 2 fully saturated rings. The Morgan fingerprint density at radius 1 is 1.10 bits per heavy atom. The summed E-state index contributed by atoms with van der Waals surface area (Å²) >= 11 is 0. The zero-order chi connectivity index (χ0) is 20.5. The van der Waals surface area contributed by atoms with Crippen molar-refractivity contribution in [3.05, 3.63) is 47.8 Å². The summed E-state index contributed by atoms with van der Waals surface area (Å²) in [6.45, 7) is 4.15. The summed E-state index contributed by atoms with van der Waals surface area (Å²) in [6, 6.07) is 9.32. The van der Waals surface area contributed by atoms with E-state index in [4.69, 9.17) is 0 Å². The summed E-state index contributed by atoms with van der Waals surface area (Å²) in [4.78, 5) is 41.8. The van der Waals surface area contributed by atoms with Gasteiger partial charge in [0.2, 0.25) is 5.91 Å². The number of benzene rings is 1. The van der Waals surface area contributed by atoms with Crippen LogP contribution in [0.25, 0.3) is 5.69 Å². The summed E-state index contributed by atoms with van der Waals surface area (Å²) in [6.07, 6.45) is 1.55. The van der Waals surface area contributed by atoms with Crippen molar-refractivity contribution in [3.8, 4) is 5.69 Å². The molecule has 4 rings (SSSR count). The summed E-state index contributed by atoms with van der Waals surface area (Å²) in [7, 11) is 1.47. The van der Waals surface area contributed by atoms with Crippen molar-refractivity contribution < 1.29 is 14.4 Å². The first-order chi connectivity index (χ1) is 14.0. The van der Waals surface area contributed by atoms with E-state index in [1.165, 1.54) is 7.05 Å². The predicted octanol–water partition coefficient (Wildman–Crippen LogP) is 0.836. The van der Waals surface area contributed by atoms with E-state index in [9.17, 15) is 14.4 Å². The third-order valence-electron chi connectivity index (χ3n) is 5.62. The Hall–Kier alpha value is -3.20. The molecule has 1 atom stereocenters. The van der Waals surface area contributed by atoms with Gasteiger partial charge in [0.1, 0.15) is 0 Å². The monoisotopic (exact) mass is 396 g/mol. The highest BCUT2D eigenvalue weighted by molar-refractivity contribution is 5.97. The number of imide groups is 1. The maximum atomic E-state index is 13.0. The first-order valence-electron chi connectivity index (χ1n) is 9.66. The van der Waals surface area contributed by atoms with Gasteiger partial charge in [-0.2, -0.15) is 5.10 Å². The zero-order valence-electron chi connectivity index (χ0n) is 16.5. The van der Waals surface area contributed by atoms with Gasteiger partial charge >= 0.3 is 6.03 Å². The molecule has 9 heteroatoms. The van der Waals surface area contributed by atoms with Crippen molar-refractivity contribution in [2.45, 2.75) is 19.5 Å². The van der Waals surface area contributed by atoms with Crippen LogP contribution in [-0.4, -0.2) is 81.7 Å². The van der Waals surface area contributed by atoms with Crippen molar-refractivity contribution in [1.82, 2.24) is 29.8 Å². The number of amides is 4. The van der Waals surface area contributed by atoms with Crippen LogP contribution in [-0.2, 0) is 4.79 Å². The molecular weight excluding hydrogens is 372 g/mol. The van der Waals surface area contributed by atoms with Gasteiger partial charge in [0.05, 0.1) is 35.7 Å². The molecule has 9 nitrogen and oxygen atoms in total. The van der Waals surface area contributed by atoms with E-state index in [0.29, 0.717) is 31.7 Å². The van der Waals surface area contributed by atoms with Gasteiger partial charge in [-0.25, -0.2) is 9.48 Å². The number of aromatic nitrogens is 2. The number of piperazine rings is 1. The molecule has 3 heterocycles. The van der Waals surface area contributed by atoms with Gasteiger partial charge in [-0.05, 0) is 19.1 Å². The number of nitrogens with zero attached hydrogens (tertiary/aromatic N) is 5. The second kappa shape index (κ2) is 7.67. The number of hydrogen-bond donors (Lipinski definition) is 1. The molecule has 2 saturated heterocycles. The molecule has 1 aromatic heterocycles. The fourth-order valence-corrected chi connectivity index (χ4v) is 3.78. The number of hydrogen-bond acceptors (Lipinski definition) is 5. The lowest BCUT2D eigenvalue weighted by atomic mass is 10.1. The number of carbonyl (C=O) groups excluding carboxylic acids is 3. The van der Waals surface area contributed by atoms with Crippen LogP contribution in [0.4, 0.5) is 4.79 Å². The molecule has 0 spiro atoms. The number of para-hydroxylation sites is 1. The average Bonchev–Trinajstić information content (AvgIpc) is 3.13. The van der Waals surface area contributed by atoms with Gasteiger partial charge in [-0.3, -0.25) is 19.4 Å². The number of carbonyl (C=O) groups is 3. The quantitative estimate of drug-likeness (QED) is 0.830. The van der Waals surface area contributed by atoms with Gasteiger partial charge in [-0.1, -0.05) is 18.2 Å². The van der Waals surface area contributed by atoms with Crippen LogP contribution in [0.15, 0.2) is 36.5 Å². The molecule has 29 heavy (non-hydrogen) atoms. The van der Waals surface area contributed by atoms with Crippen molar-refractivity contribution in [1.29, 1.82) is 0 Å². The van der Waals surface area contributed by atoms with E-state index in [2.05, 4.69) is 10.4 Å². The van der Waals surface area contributed by atoms with Gasteiger partial charge in [0, 0.05) is 33.2 Å². The standard InChI is InChI=1S/C20H24N6O3/c1-14-16(13-21-26(14)15-6-4-3-5-7-15)19(28)25-10-8-24(9-11-25)17-12-18(27)23(2)20(29)22-17/h3-7,13,17H,8-12H2,1-2H3,(H,22,29). The summed E-state index contributed by atoms with van der Waals surface area (Å²) in [5.74, 6) is -0.242. The molecule has 0 saturated carbocycles. The third kappa shape index (κ3) is 3.61. The third-order valence-corrected chi connectivity index (χ3v) is 5.62. The normalized spacial score (nSPS) is 20.7. The summed E-state index contributed by atoms with van der Waals surface area (Å²) < 4.78 is 1.77. The second-order valence-corrected chi connectivity index (χ2v) is 7.34. The van der Waals surface area contributed by atoms with E-state index in [1.54, 1.807) is 15.8 Å². The lowest BCUT2D eigenvalue weighted by Gasteiger charge is -2.41. The van der Waals surface area contributed by atoms with Crippen molar-refractivity contribution in [2.75, 3.05) is 33.2 Å². The van der Waals surface area contributed by atoms with Crippen LogP contribution in [0.5, 0.6) is 0 Å². The lowest BCUT2D eigenvalue weighted by Crippen LogP contribution is -2.62. The Kier molecular flexibility index (Phi) is 5.06. The predicted molar refractivity (Wildman–Crippen MR) is 105 cm³/mol. The van der Waals surface area contributed by atoms with Crippen LogP contribution in [0, 0.1) is 6.92 Å². The van der Waals surface area contributed by atoms with E-state index >= 15 is 0 Å². The molecular formula is C20H24N6O3. The zero-order valence-corrected chi connectivity index (χ0v) is 16.5. The highest BCUT2D eigenvalue weighted by Gasteiger charge is 2.35. The molecule has 152 valence electrons. The average molecular weight is 396 g/mol. The fourth-order valence-electron chi connectivity index (χ4n) is 3.78. The smallest absolute Gasteiger partial charge is 0.325 e. The minimum absolute atomic E-state index is 0.0483. The highest BCUT2D eigenvalue weighted by atomic mass is 16.2. The Morgan fingerprint density at radius 2 is 1.79 bits per heavy atom. The first kappa shape index (κ1) is 19.1. The van der Waals surface area contributed by atoms with Gasteiger partial charge < -0.3 is 10.2 Å². The minimum atomic E-state index is -0.381. The molecule has 0 bridgehead atoms. The SMILES string of the molecule is Cc1c(C(=O)N2CCN(C3CC(=O)N(C)C(=O)N3)CC2)cnn1-c1ccccc1. The Bertz CT molecular complexity index is 915. The molecule has 2 aromatic rings. The van der Waals surface area contributed by atoms with Gasteiger partial charge in [0.15, 0.2) is 0 Å². The topological polar surface area (TPSA) is 90.8 Å². The van der Waals surface area contributed by atoms with E-state index in [1.807, 2.05) is 42.2 Å². The van der Waals surface area contributed by atoms with Gasteiger partial charge in [0.25, 0.3) is 5.91 Å². The minimum Gasteiger partial charge on any atom is -0.336 e. The Morgan fingerprint density at radius 3 is 2.45 bits per heavy atom. The van der Waals surface area contributed by atoms with Crippen LogP contribution in [0.1, 0.15) is 22.5 Å². The molecule has 4 amide bonds. The van der Waals surface area contributed by atoms with E-state index < -0.39 is 0 Å². The fraction of sp³-hybridized carbons (Fsp3) is 0.400. The van der Waals surface area contributed by atoms with E-state index in [-0.39, 0.29) is 30.4 Å². The maximum absolute atomic E-state index is 13.0. The summed E-state index contributed by atoms with van der Waals surface area (Å²) in [5, 5.41) is 7.23. The molecule has 0 radical (unpaired) electrons. The van der Waals surface area contributed by atoms with Crippen molar-refractivity contribution >= 4 is 17.8 Å². The van der Waals surface area contributed by atoms with Gasteiger partial charge in [-0.15, -0.1) is 0 Å². The molecule has 1 N–H and O–H groups in total. The lowest BCUT2D eigenvalue weighted by molar-refractivity contribution is -0.130. The molecule has 0 aliphatic carbocycles. The highest BCUT2D eigenvalue weighted by Crippen LogP contribution is 2.18. The molecule has 1 unspecified atom stereocenters. The van der Waals surface area contributed by atoms with Crippen LogP contribution >= 0.6 is 0 Å². The Balaban J connectivity index is 1.41. The van der Waals surface area contributed by atoms with Crippen molar-refractivity contribution in [2.24, 2.45) is 0 Å². The second-order valence-electron chi connectivity index (χ2n) is 7.34. The first-order valence-corrected chi connectivity index (χ1v) is 9.66. The number of nitrogens with one attached hydrogen (secondary N) is 1. The maximum Gasteiger partial charge on any atom is 0.325 e. The Labute approximate surface area is 168 Å². The van der Waals surface area contributed by atoms with Crippen molar-refractivity contribution in [3.63, 3.8) is 0 Å². The van der Waals surface area contributed by atoms with Crippen LogP contribution < -0.4 is 5.32 Å². The summed E-state index contributed by atoms with van der Waals surface area (Å²) in [5.41, 5.74) is 2.30. The number of rotatable bonds is 3. The van der Waals surface area contributed by atoms with Crippen LogP contribution in [0.2, 0.25) is 0 Å².